The number of rotatable bonds is 7. The molecule has 4 heterocycles. The molecule has 3 aromatic heterocycles. The number of anilines is 3. The van der Waals surface area contributed by atoms with Gasteiger partial charge in [0.05, 0.1) is 11.7 Å². The van der Waals surface area contributed by atoms with Crippen molar-refractivity contribution >= 4 is 39.6 Å². The van der Waals surface area contributed by atoms with Crippen molar-refractivity contribution in [2.75, 3.05) is 24.2 Å². The maximum atomic E-state index is 12.6. The van der Waals surface area contributed by atoms with Crippen LogP contribution in [0.25, 0.3) is 16.6 Å². The smallest absolute Gasteiger partial charge is 0.248 e. The van der Waals surface area contributed by atoms with Gasteiger partial charge in [-0.1, -0.05) is 6.08 Å². The van der Waals surface area contributed by atoms with Crippen LogP contribution in [-0.2, 0) is 4.79 Å². The van der Waals surface area contributed by atoms with E-state index >= 15 is 0 Å². The number of likely N-dealkylation sites (N-methyl/N-ethyl adjacent to an activating group) is 1. The summed E-state index contributed by atoms with van der Waals surface area (Å²) in [7, 11) is 2.08. The number of carbonyl (C=O) groups is 1. The van der Waals surface area contributed by atoms with E-state index < -0.39 is 0 Å². The fraction of sp³-hybridized carbons (Fsp3) is 0.214. The highest BCUT2D eigenvalue weighted by Gasteiger charge is 2.18. The summed E-state index contributed by atoms with van der Waals surface area (Å²) in [5.41, 5.74) is 3.80. The van der Waals surface area contributed by atoms with Crippen molar-refractivity contribution < 1.29 is 9.53 Å². The summed E-state index contributed by atoms with van der Waals surface area (Å²) in [6.45, 7) is 3.02. The molecule has 2 N–H and O–H groups in total. The van der Waals surface area contributed by atoms with Crippen LogP contribution in [0.15, 0.2) is 73.5 Å². The van der Waals surface area contributed by atoms with E-state index in [4.69, 9.17) is 4.74 Å². The molecule has 0 bridgehead atoms. The zero-order valence-electron chi connectivity index (χ0n) is 21.6. The van der Waals surface area contributed by atoms with Gasteiger partial charge in [0.2, 0.25) is 5.91 Å². The Kier molecular flexibility index (Phi) is 6.55. The number of aryl methyl sites for hydroxylation is 1. The lowest BCUT2D eigenvalue weighted by atomic mass is 10.1. The third-order valence-electron chi connectivity index (χ3n) is 6.75. The maximum Gasteiger partial charge on any atom is 0.248 e. The molecule has 1 saturated heterocycles. The molecule has 1 unspecified atom stereocenters. The van der Waals surface area contributed by atoms with Crippen LogP contribution >= 0.6 is 0 Å². The lowest BCUT2D eigenvalue weighted by molar-refractivity contribution is -0.111. The van der Waals surface area contributed by atoms with Crippen LogP contribution in [0.3, 0.4) is 0 Å². The fourth-order valence-electron chi connectivity index (χ4n) is 4.66. The van der Waals surface area contributed by atoms with Gasteiger partial charge in [-0.05, 0) is 75.3 Å². The highest BCUT2D eigenvalue weighted by molar-refractivity contribution is 6.02. The number of hydrogen-bond donors (Lipinski definition) is 2. The summed E-state index contributed by atoms with van der Waals surface area (Å²) >= 11 is 0. The zero-order valence-corrected chi connectivity index (χ0v) is 21.6. The first kappa shape index (κ1) is 24.4. The van der Waals surface area contributed by atoms with Crippen LogP contribution in [0.2, 0.25) is 0 Å². The van der Waals surface area contributed by atoms with Crippen molar-refractivity contribution in [3.05, 3.63) is 79.0 Å². The van der Waals surface area contributed by atoms with E-state index in [2.05, 4.69) is 47.8 Å². The minimum absolute atomic E-state index is 0.161. The number of carbonyl (C=O) groups excluding carboxylic acids is 1. The van der Waals surface area contributed by atoms with Crippen molar-refractivity contribution in [1.29, 1.82) is 0 Å². The number of nitrogens with zero attached hydrogens (tertiary/aromatic N) is 7. The van der Waals surface area contributed by atoms with Gasteiger partial charge in [-0.15, -0.1) is 10.2 Å². The highest BCUT2D eigenvalue weighted by atomic mass is 16.5. The van der Waals surface area contributed by atoms with Crippen LogP contribution in [0.4, 0.5) is 17.2 Å². The van der Waals surface area contributed by atoms with Crippen LogP contribution in [0.5, 0.6) is 11.5 Å². The van der Waals surface area contributed by atoms with E-state index in [1.165, 1.54) is 12.7 Å². The molecule has 196 valence electrons. The Morgan fingerprint density at radius 3 is 2.87 bits per heavy atom. The van der Waals surface area contributed by atoms with Gasteiger partial charge < -0.3 is 15.4 Å². The van der Waals surface area contributed by atoms with Crippen LogP contribution < -0.4 is 15.4 Å². The topological polar surface area (TPSA) is 122 Å². The van der Waals surface area contributed by atoms with Crippen LogP contribution in [0, 0.1) is 6.92 Å². The second-order valence-corrected chi connectivity index (χ2v) is 9.53. The molecule has 11 heteroatoms. The van der Waals surface area contributed by atoms with Crippen LogP contribution in [0.1, 0.15) is 18.4 Å². The highest BCUT2D eigenvalue weighted by Crippen LogP contribution is 2.30. The Labute approximate surface area is 224 Å². The lowest BCUT2D eigenvalue weighted by Crippen LogP contribution is -2.23. The van der Waals surface area contributed by atoms with Gasteiger partial charge in [-0.2, -0.15) is 5.10 Å². The van der Waals surface area contributed by atoms with E-state index in [0.29, 0.717) is 34.7 Å². The number of aromatic nitrogens is 6. The third-order valence-corrected chi connectivity index (χ3v) is 6.75. The predicted octanol–water partition coefficient (Wildman–Crippen LogP) is 4.50. The molecule has 1 fully saturated rings. The lowest BCUT2D eigenvalue weighted by Gasteiger charge is -2.14. The molecule has 1 atom stereocenters. The number of likely N-dealkylation sites (tertiary alicyclic amines) is 1. The van der Waals surface area contributed by atoms with Gasteiger partial charge in [0.25, 0.3) is 0 Å². The summed E-state index contributed by atoms with van der Waals surface area (Å²) in [4.78, 5) is 23.6. The number of hydrogen-bond acceptors (Lipinski definition) is 9. The van der Waals surface area contributed by atoms with Gasteiger partial charge in [-0.3, -0.25) is 9.69 Å². The maximum absolute atomic E-state index is 12.6. The Balaban J connectivity index is 1.18. The predicted molar refractivity (Wildman–Crippen MR) is 148 cm³/mol. The number of nitrogens with one attached hydrogen (secondary N) is 2. The quantitative estimate of drug-likeness (QED) is 0.298. The molecule has 2 aromatic carbocycles. The fourth-order valence-corrected chi connectivity index (χ4v) is 4.66. The average Bonchev–Trinajstić information content (AvgIpc) is 3.57. The van der Waals surface area contributed by atoms with E-state index in [-0.39, 0.29) is 5.91 Å². The molecule has 0 aliphatic carbocycles. The molecule has 1 amide bonds. The first-order chi connectivity index (χ1) is 19.0. The largest absolute Gasteiger partial charge is 0.455 e. The van der Waals surface area contributed by atoms with Crippen molar-refractivity contribution in [2.24, 2.45) is 0 Å². The second kappa shape index (κ2) is 10.5. The molecule has 6 rings (SSSR count). The Morgan fingerprint density at radius 2 is 2.03 bits per heavy atom. The van der Waals surface area contributed by atoms with E-state index in [1.807, 2.05) is 49.4 Å². The third kappa shape index (κ3) is 5.39. The standard InChI is InChI=1S/C28H27N9O2/c1-18-12-19(6-9-25(18)39-22-14-26-35-31-17-37(26)32-15-22)34-28-23-13-20(5-8-24(23)29-16-30-28)33-27(38)10-7-21-4-3-11-36(21)2/h5-10,12-17,21H,3-4,11H2,1-2H3,(H,33,38)(H,29,30,34)/b10-7+. The summed E-state index contributed by atoms with van der Waals surface area (Å²) < 4.78 is 7.60. The van der Waals surface area contributed by atoms with E-state index in [9.17, 15) is 4.79 Å². The second-order valence-electron chi connectivity index (χ2n) is 9.53. The van der Waals surface area contributed by atoms with Gasteiger partial charge >= 0.3 is 0 Å². The first-order valence-corrected chi connectivity index (χ1v) is 12.7. The normalized spacial score (nSPS) is 15.8. The monoisotopic (exact) mass is 521 g/mol. The van der Waals surface area contributed by atoms with Crippen molar-refractivity contribution in [1.82, 2.24) is 34.7 Å². The molecule has 0 radical (unpaired) electrons. The molecule has 0 spiro atoms. The summed E-state index contributed by atoms with van der Waals surface area (Å²) in [5, 5.41) is 19.2. The Bertz CT molecular complexity index is 1700. The van der Waals surface area contributed by atoms with Gasteiger partial charge in [-0.25, -0.2) is 14.5 Å². The molecule has 11 nitrogen and oxygen atoms in total. The number of amides is 1. The van der Waals surface area contributed by atoms with E-state index in [0.717, 1.165) is 41.5 Å². The minimum Gasteiger partial charge on any atom is -0.455 e. The summed E-state index contributed by atoms with van der Waals surface area (Å²) in [5.74, 6) is 1.74. The molecule has 5 aromatic rings. The summed E-state index contributed by atoms with van der Waals surface area (Å²) in [6, 6.07) is 13.4. The van der Waals surface area contributed by atoms with Gasteiger partial charge in [0.1, 0.15) is 24.2 Å². The molecular weight excluding hydrogens is 494 g/mol. The minimum atomic E-state index is -0.161. The Hall–Kier alpha value is -4.90. The average molecular weight is 522 g/mol. The Morgan fingerprint density at radius 1 is 1.13 bits per heavy atom. The van der Waals surface area contributed by atoms with Gasteiger partial charge in [0, 0.05) is 34.9 Å². The molecule has 1 aliphatic rings. The molecule has 0 saturated carbocycles. The number of fused-ring (bicyclic) bond motifs is 2. The first-order valence-electron chi connectivity index (χ1n) is 12.7. The van der Waals surface area contributed by atoms with Crippen molar-refractivity contribution in [2.45, 2.75) is 25.8 Å². The molecule has 39 heavy (non-hydrogen) atoms. The summed E-state index contributed by atoms with van der Waals surface area (Å²) in [6.07, 6.45) is 10.5. The zero-order chi connectivity index (χ0) is 26.8. The SMILES string of the molecule is Cc1cc(Nc2ncnc3ccc(NC(=O)/C=C/C4CCCN4C)cc23)ccc1Oc1cnn2cnnc2c1. The number of ether oxygens (including phenoxy) is 1. The number of benzene rings is 2. The van der Waals surface area contributed by atoms with Crippen LogP contribution in [-0.4, -0.2) is 60.2 Å². The van der Waals surface area contributed by atoms with Gasteiger partial charge in [0.15, 0.2) is 11.4 Å². The molecular formula is C28H27N9O2. The van der Waals surface area contributed by atoms with E-state index in [1.54, 1.807) is 22.9 Å². The molecule has 1 aliphatic heterocycles. The van der Waals surface area contributed by atoms with Crippen molar-refractivity contribution in [3.8, 4) is 11.5 Å². The van der Waals surface area contributed by atoms with Crippen molar-refractivity contribution in [3.63, 3.8) is 0 Å².